The summed E-state index contributed by atoms with van der Waals surface area (Å²) >= 11 is 0. The van der Waals surface area contributed by atoms with Crippen LogP contribution in [-0.2, 0) is 14.3 Å². The first kappa shape index (κ1) is 14.9. The van der Waals surface area contributed by atoms with Gasteiger partial charge in [-0.25, -0.2) is 9.78 Å². The van der Waals surface area contributed by atoms with Crippen molar-refractivity contribution in [3.8, 4) is 6.07 Å². The molecule has 21 heavy (non-hydrogen) atoms. The molecule has 2 heterocycles. The molecule has 1 aromatic rings. The summed E-state index contributed by atoms with van der Waals surface area (Å²) in [5, 5.41) is 8.87. The van der Waals surface area contributed by atoms with Crippen LogP contribution in [0.1, 0.15) is 21.7 Å². The quantitative estimate of drug-likeness (QED) is 0.726. The van der Waals surface area contributed by atoms with Gasteiger partial charge >= 0.3 is 5.97 Å². The first-order valence-electron chi connectivity index (χ1n) is 6.43. The van der Waals surface area contributed by atoms with E-state index in [4.69, 9.17) is 10.00 Å². The number of morpholine rings is 1. The molecule has 1 aliphatic rings. The number of rotatable bonds is 2. The van der Waals surface area contributed by atoms with Crippen LogP contribution < -0.4 is 0 Å². The van der Waals surface area contributed by atoms with E-state index in [0.717, 1.165) is 0 Å². The molecule has 1 saturated heterocycles. The van der Waals surface area contributed by atoms with E-state index < -0.39 is 12.1 Å². The van der Waals surface area contributed by atoms with Crippen molar-refractivity contribution in [3.05, 3.63) is 29.1 Å². The lowest BCUT2D eigenvalue weighted by molar-refractivity contribution is -0.158. The second-order valence-electron chi connectivity index (χ2n) is 4.58. The van der Waals surface area contributed by atoms with E-state index >= 15 is 0 Å². The number of ether oxygens (including phenoxy) is 2. The standard InChI is InChI=1S/C14H15N3O4/c1-9-10(7-15)3-4-11(16-9)13(18)17-5-6-21-12(8-17)14(19)20-2/h3-4,12H,5-6,8H2,1-2H3. The van der Waals surface area contributed by atoms with Crippen LogP contribution in [0.3, 0.4) is 0 Å². The Morgan fingerprint density at radius 3 is 2.90 bits per heavy atom. The van der Waals surface area contributed by atoms with Gasteiger partial charge < -0.3 is 14.4 Å². The van der Waals surface area contributed by atoms with Crippen molar-refractivity contribution in [2.75, 3.05) is 26.8 Å². The molecule has 110 valence electrons. The highest BCUT2D eigenvalue weighted by molar-refractivity contribution is 5.93. The zero-order valence-corrected chi connectivity index (χ0v) is 11.8. The lowest BCUT2D eigenvalue weighted by atomic mass is 10.2. The topological polar surface area (TPSA) is 92.5 Å². The summed E-state index contributed by atoms with van der Waals surface area (Å²) in [5.41, 5.74) is 1.18. The summed E-state index contributed by atoms with van der Waals surface area (Å²) in [4.78, 5) is 29.5. The van der Waals surface area contributed by atoms with Gasteiger partial charge in [-0.3, -0.25) is 4.79 Å². The summed E-state index contributed by atoms with van der Waals surface area (Å²) in [6.45, 7) is 2.45. The minimum Gasteiger partial charge on any atom is -0.467 e. The number of hydrogen-bond donors (Lipinski definition) is 0. The Morgan fingerprint density at radius 1 is 1.52 bits per heavy atom. The number of pyridine rings is 1. The largest absolute Gasteiger partial charge is 0.467 e. The fourth-order valence-electron chi connectivity index (χ4n) is 2.07. The number of carbonyl (C=O) groups excluding carboxylic acids is 2. The molecule has 0 bridgehead atoms. The number of amides is 1. The average Bonchev–Trinajstić information content (AvgIpc) is 2.53. The third kappa shape index (κ3) is 3.17. The maximum Gasteiger partial charge on any atom is 0.336 e. The molecule has 0 saturated carbocycles. The summed E-state index contributed by atoms with van der Waals surface area (Å²) in [5.74, 6) is -0.795. The molecule has 0 aliphatic carbocycles. The highest BCUT2D eigenvalue weighted by atomic mass is 16.6. The number of esters is 1. The van der Waals surface area contributed by atoms with Gasteiger partial charge in [-0.15, -0.1) is 0 Å². The van der Waals surface area contributed by atoms with Crippen molar-refractivity contribution in [1.82, 2.24) is 9.88 Å². The van der Waals surface area contributed by atoms with E-state index in [-0.39, 0.29) is 24.8 Å². The Morgan fingerprint density at radius 2 is 2.29 bits per heavy atom. The highest BCUT2D eigenvalue weighted by Gasteiger charge is 2.30. The predicted octanol–water partition coefficient (Wildman–Crippen LogP) is 0.276. The fraction of sp³-hybridized carbons (Fsp3) is 0.429. The number of nitrogens with zero attached hydrogens (tertiary/aromatic N) is 3. The van der Waals surface area contributed by atoms with Gasteiger partial charge in [-0.1, -0.05) is 0 Å². The molecule has 0 spiro atoms. The average molecular weight is 289 g/mol. The third-order valence-corrected chi connectivity index (χ3v) is 3.24. The molecular weight excluding hydrogens is 274 g/mol. The second kappa shape index (κ2) is 6.33. The van der Waals surface area contributed by atoms with Crippen molar-refractivity contribution < 1.29 is 19.1 Å². The Balaban J connectivity index is 2.14. The van der Waals surface area contributed by atoms with Crippen LogP contribution in [0.5, 0.6) is 0 Å². The maximum absolute atomic E-state index is 12.4. The van der Waals surface area contributed by atoms with Gasteiger partial charge in [0, 0.05) is 6.54 Å². The highest BCUT2D eigenvalue weighted by Crippen LogP contribution is 2.12. The van der Waals surface area contributed by atoms with E-state index in [0.29, 0.717) is 17.8 Å². The number of aromatic nitrogens is 1. The molecule has 0 radical (unpaired) electrons. The van der Waals surface area contributed by atoms with Gasteiger partial charge in [0.25, 0.3) is 5.91 Å². The van der Waals surface area contributed by atoms with Gasteiger partial charge in [-0.2, -0.15) is 5.26 Å². The molecule has 1 aromatic heterocycles. The van der Waals surface area contributed by atoms with Crippen LogP contribution in [0.4, 0.5) is 0 Å². The first-order chi connectivity index (χ1) is 10.1. The van der Waals surface area contributed by atoms with Crippen LogP contribution >= 0.6 is 0 Å². The van der Waals surface area contributed by atoms with Crippen molar-refractivity contribution in [3.63, 3.8) is 0 Å². The summed E-state index contributed by atoms with van der Waals surface area (Å²) < 4.78 is 9.89. The molecule has 1 aliphatic heterocycles. The number of carbonyl (C=O) groups is 2. The molecule has 0 N–H and O–H groups in total. The molecule has 1 unspecified atom stereocenters. The molecular formula is C14H15N3O4. The fourth-order valence-corrected chi connectivity index (χ4v) is 2.07. The van der Waals surface area contributed by atoms with E-state index in [1.165, 1.54) is 18.1 Å². The van der Waals surface area contributed by atoms with Crippen molar-refractivity contribution in [2.45, 2.75) is 13.0 Å². The van der Waals surface area contributed by atoms with Crippen LogP contribution in [0.2, 0.25) is 0 Å². The third-order valence-electron chi connectivity index (χ3n) is 3.24. The lowest BCUT2D eigenvalue weighted by Crippen LogP contribution is -2.49. The monoisotopic (exact) mass is 289 g/mol. The zero-order chi connectivity index (χ0) is 15.4. The van der Waals surface area contributed by atoms with E-state index in [1.807, 2.05) is 6.07 Å². The van der Waals surface area contributed by atoms with Crippen LogP contribution in [0.15, 0.2) is 12.1 Å². The van der Waals surface area contributed by atoms with E-state index in [9.17, 15) is 9.59 Å². The van der Waals surface area contributed by atoms with Gasteiger partial charge in [0.1, 0.15) is 11.8 Å². The molecule has 1 atom stereocenters. The number of hydrogen-bond acceptors (Lipinski definition) is 6. The van der Waals surface area contributed by atoms with Crippen molar-refractivity contribution in [2.24, 2.45) is 0 Å². The van der Waals surface area contributed by atoms with Crippen LogP contribution in [-0.4, -0.2) is 54.7 Å². The van der Waals surface area contributed by atoms with E-state index in [2.05, 4.69) is 9.72 Å². The summed E-state index contributed by atoms with van der Waals surface area (Å²) in [7, 11) is 1.28. The second-order valence-corrected chi connectivity index (χ2v) is 4.58. The molecule has 7 heteroatoms. The predicted molar refractivity (Wildman–Crippen MR) is 71.3 cm³/mol. The minimum atomic E-state index is -0.771. The lowest BCUT2D eigenvalue weighted by Gasteiger charge is -2.31. The normalized spacial score (nSPS) is 18.0. The van der Waals surface area contributed by atoms with Gasteiger partial charge in [-0.05, 0) is 19.1 Å². The molecule has 0 aromatic carbocycles. The van der Waals surface area contributed by atoms with Gasteiger partial charge in [0.05, 0.1) is 31.5 Å². The van der Waals surface area contributed by atoms with Gasteiger partial charge in [0.15, 0.2) is 6.10 Å². The number of aryl methyl sites for hydroxylation is 1. The SMILES string of the molecule is COC(=O)C1CN(C(=O)c2ccc(C#N)c(C)n2)CCO1. The first-order valence-corrected chi connectivity index (χ1v) is 6.43. The minimum absolute atomic E-state index is 0.131. The Hall–Kier alpha value is -2.46. The molecule has 1 amide bonds. The summed E-state index contributed by atoms with van der Waals surface area (Å²) in [6, 6.07) is 5.08. The molecule has 2 rings (SSSR count). The maximum atomic E-state index is 12.4. The van der Waals surface area contributed by atoms with Crippen molar-refractivity contribution >= 4 is 11.9 Å². The van der Waals surface area contributed by atoms with E-state index in [1.54, 1.807) is 13.0 Å². The number of nitriles is 1. The molecule has 7 nitrogen and oxygen atoms in total. The Bertz CT molecular complexity index is 609. The smallest absolute Gasteiger partial charge is 0.336 e. The van der Waals surface area contributed by atoms with Crippen LogP contribution in [0, 0.1) is 18.3 Å². The zero-order valence-electron chi connectivity index (χ0n) is 11.8. The Kier molecular flexibility index (Phi) is 4.50. The Labute approximate surface area is 122 Å². The van der Waals surface area contributed by atoms with Crippen molar-refractivity contribution in [1.29, 1.82) is 5.26 Å². The van der Waals surface area contributed by atoms with Gasteiger partial charge in [0.2, 0.25) is 0 Å². The number of methoxy groups -OCH3 is 1. The summed E-state index contributed by atoms with van der Waals surface area (Å²) in [6.07, 6.45) is -0.771. The molecule has 1 fully saturated rings. The van der Waals surface area contributed by atoms with Crippen LogP contribution in [0.25, 0.3) is 0 Å².